The largest absolute Gasteiger partial charge is 0.462 e. The van der Waals surface area contributed by atoms with Crippen LogP contribution in [0.5, 0.6) is 0 Å². The van der Waals surface area contributed by atoms with E-state index in [1.807, 2.05) is 0 Å². The summed E-state index contributed by atoms with van der Waals surface area (Å²) in [6.45, 7) is 1.54. The molecule has 0 aromatic carbocycles. The molecule has 0 amide bonds. The number of carbonyl (C=O) groups is 1. The van der Waals surface area contributed by atoms with Crippen LogP contribution in [0.4, 0.5) is 14.6 Å². The van der Waals surface area contributed by atoms with Gasteiger partial charge in [-0.05, 0) is 32.8 Å². The molecule has 0 aliphatic carbocycles. The van der Waals surface area contributed by atoms with E-state index in [2.05, 4.69) is 25.7 Å². The van der Waals surface area contributed by atoms with E-state index < -0.39 is 28.8 Å². The third kappa shape index (κ3) is 2.97. The standard InChI is InChI=1S/C9H7BrF2N2O4/c1-2-18-9(15)4-3-5(7(11)12)13-8(6(4)10)14(16)17/h3,7H,2H2,1H3. The minimum atomic E-state index is -3.02. The van der Waals surface area contributed by atoms with Gasteiger partial charge in [-0.15, -0.1) is 0 Å². The first-order chi connectivity index (χ1) is 8.38. The number of ether oxygens (including phenoxy) is 1. The number of alkyl halides is 2. The number of nitro groups is 1. The zero-order chi connectivity index (χ0) is 13.9. The molecule has 0 N–H and O–H groups in total. The Kier molecular flexibility index (Phi) is 4.65. The van der Waals surface area contributed by atoms with E-state index in [4.69, 9.17) is 0 Å². The predicted octanol–water partition coefficient (Wildman–Crippen LogP) is 2.87. The fourth-order valence-electron chi connectivity index (χ4n) is 1.13. The molecule has 18 heavy (non-hydrogen) atoms. The van der Waals surface area contributed by atoms with Crippen LogP contribution in [0, 0.1) is 10.1 Å². The van der Waals surface area contributed by atoms with Crippen LogP contribution in [-0.2, 0) is 4.74 Å². The van der Waals surface area contributed by atoms with Crippen molar-refractivity contribution in [2.75, 3.05) is 6.61 Å². The van der Waals surface area contributed by atoms with Crippen LogP contribution >= 0.6 is 15.9 Å². The second-order valence-corrected chi connectivity index (χ2v) is 3.80. The Morgan fingerprint density at radius 2 is 2.28 bits per heavy atom. The van der Waals surface area contributed by atoms with Gasteiger partial charge in [0.15, 0.2) is 0 Å². The number of esters is 1. The minimum Gasteiger partial charge on any atom is -0.462 e. The number of halogens is 3. The van der Waals surface area contributed by atoms with Crippen molar-refractivity contribution in [1.29, 1.82) is 0 Å². The molecule has 0 bridgehead atoms. The van der Waals surface area contributed by atoms with Crippen LogP contribution in [-0.4, -0.2) is 22.5 Å². The number of aromatic nitrogens is 1. The van der Waals surface area contributed by atoms with Gasteiger partial charge >= 0.3 is 18.2 Å². The first-order valence-electron chi connectivity index (χ1n) is 4.68. The van der Waals surface area contributed by atoms with E-state index in [1.165, 1.54) is 6.92 Å². The number of pyridine rings is 1. The van der Waals surface area contributed by atoms with Crippen LogP contribution in [0.15, 0.2) is 10.5 Å². The number of hydrogen-bond acceptors (Lipinski definition) is 5. The molecule has 0 unspecified atom stereocenters. The molecule has 0 saturated carbocycles. The maximum absolute atomic E-state index is 12.5. The zero-order valence-electron chi connectivity index (χ0n) is 9.02. The highest BCUT2D eigenvalue weighted by molar-refractivity contribution is 9.10. The van der Waals surface area contributed by atoms with E-state index in [0.717, 1.165) is 6.07 Å². The van der Waals surface area contributed by atoms with Gasteiger partial charge in [-0.25, -0.2) is 13.6 Å². The lowest BCUT2D eigenvalue weighted by molar-refractivity contribution is -0.390. The lowest BCUT2D eigenvalue weighted by Crippen LogP contribution is -2.09. The van der Waals surface area contributed by atoms with Crippen molar-refractivity contribution in [3.05, 3.63) is 31.9 Å². The van der Waals surface area contributed by atoms with Gasteiger partial charge in [0.2, 0.25) is 5.69 Å². The number of carbonyl (C=O) groups excluding carboxylic acids is 1. The van der Waals surface area contributed by atoms with Crippen LogP contribution in [0.2, 0.25) is 0 Å². The third-order valence-corrected chi connectivity index (χ3v) is 2.63. The molecule has 98 valence electrons. The van der Waals surface area contributed by atoms with Gasteiger partial charge in [-0.1, -0.05) is 0 Å². The predicted molar refractivity (Wildman–Crippen MR) is 59.5 cm³/mol. The van der Waals surface area contributed by atoms with Crippen LogP contribution in [0.25, 0.3) is 0 Å². The fraction of sp³-hybridized carbons (Fsp3) is 0.333. The molecule has 0 fully saturated rings. The monoisotopic (exact) mass is 324 g/mol. The summed E-state index contributed by atoms with van der Waals surface area (Å²) in [4.78, 5) is 24.3. The lowest BCUT2D eigenvalue weighted by Gasteiger charge is -2.05. The number of hydrogen-bond donors (Lipinski definition) is 0. The number of rotatable bonds is 4. The van der Waals surface area contributed by atoms with Crippen LogP contribution < -0.4 is 0 Å². The Labute approximate surface area is 108 Å². The molecule has 0 aliphatic heterocycles. The van der Waals surface area contributed by atoms with Gasteiger partial charge in [0.25, 0.3) is 0 Å². The summed E-state index contributed by atoms with van der Waals surface area (Å²) >= 11 is 2.79. The third-order valence-electron chi connectivity index (χ3n) is 1.85. The average Bonchev–Trinajstić information content (AvgIpc) is 2.28. The van der Waals surface area contributed by atoms with Crippen molar-refractivity contribution in [3.63, 3.8) is 0 Å². The van der Waals surface area contributed by atoms with Crippen molar-refractivity contribution in [2.45, 2.75) is 13.3 Å². The summed E-state index contributed by atoms with van der Waals surface area (Å²) in [6.07, 6.45) is -3.02. The van der Waals surface area contributed by atoms with Crippen LogP contribution in [0.3, 0.4) is 0 Å². The topological polar surface area (TPSA) is 82.3 Å². The molecular formula is C9H7BrF2N2O4. The molecule has 9 heteroatoms. The van der Waals surface area contributed by atoms with E-state index in [9.17, 15) is 23.7 Å². The molecule has 0 saturated heterocycles. The van der Waals surface area contributed by atoms with E-state index >= 15 is 0 Å². The van der Waals surface area contributed by atoms with Gasteiger partial charge in [-0.3, -0.25) is 0 Å². The highest BCUT2D eigenvalue weighted by Gasteiger charge is 2.28. The summed E-state index contributed by atoms with van der Waals surface area (Å²) in [6, 6.07) is 0.764. The SMILES string of the molecule is CCOC(=O)c1cc(C(F)F)nc([N+](=O)[O-])c1Br. The first kappa shape index (κ1) is 14.4. The van der Waals surface area contributed by atoms with Crippen molar-refractivity contribution in [1.82, 2.24) is 4.98 Å². The summed E-state index contributed by atoms with van der Waals surface area (Å²) in [5.74, 6) is -1.78. The van der Waals surface area contributed by atoms with E-state index in [-0.39, 0.29) is 16.6 Å². The normalized spacial score (nSPS) is 10.5. The van der Waals surface area contributed by atoms with E-state index in [1.54, 1.807) is 0 Å². The van der Waals surface area contributed by atoms with Crippen LogP contribution in [0.1, 0.15) is 29.4 Å². The van der Waals surface area contributed by atoms with Gasteiger partial charge in [0, 0.05) is 6.07 Å². The molecule has 0 aliphatic rings. The summed E-state index contributed by atoms with van der Waals surface area (Å²) in [7, 11) is 0. The van der Waals surface area contributed by atoms with E-state index in [0.29, 0.717) is 0 Å². The maximum atomic E-state index is 12.5. The Hall–Kier alpha value is -1.64. The van der Waals surface area contributed by atoms with Gasteiger partial charge in [0.1, 0.15) is 4.47 Å². The first-order valence-corrected chi connectivity index (χ1v) is 5.47. The quantitative estimate of drug-likeness (QED) is 0.483. The fourth-order valence-corrected chi connectivity index (χ4v) is 1.64. The minimum absolute atomic E-state index is 0.0193. The molecule has 6 nitrogen and oxygen atoms in total. The van der Waals surface area contributed by atoms with Crippen molar-refractivity contribution in [3.8, 4) is 0 Å². The van der Waals surface area contributed by atoms with Gasteiger partial charge in [0.05, 0.1) is 12.2 Å². The maximum Gasteiger partial charge on any atom is 0.379 e. The molecule has 1 aromatic rings. The smallest absolute Gasteiger partial charge is 0.379 e. The summed E-state index contributed by atoms with van der Waals surface area (Å²) in [5, 5.41) is 10.6. The molecule has 0 radical (unpaired) electrons. The second-order valence-electron chi connectivity index (χ2n) is 3.01. The zero-order valence-corrected chi connectivity index (χ0v) is 10.6. The second kappa shape index (κ2) is 5.80. The molecule has 1 heterocycles. The van der Waals surface area contributed by atoms with Crippen molar-refractivity contribution >= 4 is 27.7 Å². The average molecular weight is 325 g/mol. The Morgan fingerprint density at radius 1 is 1.67 bits per heavy atom. The van der Waals surface area contributed by atoms with Gasteiger partial charge in [-0.2, -0.15) is 0 Å². The Morgan fingerprint density at radius 3 is 2.72 bits per heavy atom. The molecule has 1 rings (SSSR count). The van der Waals surface area contributed by atoms with Crippen molar-refractivity contribution in [2.24, 2.45) is 0 Å². The number of nitrogens with zero attached hydrogens (tertiary/aromatic N) is 2. The molecular weight excluding hydrogens is 318 g/mol. The summed E-state index contributed by atoms with van der Waals surface area (Å²) < 4.78 is 29.4. The lowest BCUT2D eigenvalue weighted by atomic mass is 10.2. The van der Waals surface area contributed by atoms with Crippen molar-refractivity contribution < 1.29 is 23.2 Å². The summed E-state index contributed by atoms with van der Waals surface area (Å²) in [5.41, 5.74) is -1.21. The highest BCUT2D eigenvalue weighted by Crippen LogP contribution is 2.31. The highest BCUT2D eigenvalue weighted by atomic mass is 79.9. The molecule has 0 spiro atoms. The molecule has 0 atom stereocenters. The Balaban J connectivity index is 3.40. The Bertz CT molecular complexity index is 496. The van der Waals surface area contributed by atoms with Gasteiger partial charge < -0.3 is 14.9 Å². The molecule has 1 aromatic heterocycles.